The van der Waals surface area contributed by atoms with Crippen LogP contribution in [0.5, 0.6) is 5.75 Å². The van der Waals surface area contributed by atoms with Crippen LogP contribution < -0.4 is 15.4 Å². The van der Waals surface area contributed by atoms with Crippen molar-refractivity contribution in [2.75, 3.05) is 40.0 Å². The van der Waals surface area contributed by atoms with Crippen LogP contribution in [0.4, 0.5) is 0 Å². The molecule has 0 aliphatic heterocycles. The lowest BCUT2D eigenvalue weighted by Crippen LogP contribution is -2.39. The van der Waals surface area contributed by atoms with Crippen molar-refractivity contribution in [2.45, 2.75) is 19.3 Å². The molecule has 0 bridgehead atoms. The smallest absolute Gasteiger partial charge is 0.191 e. The highest BCUT2D eigenvalue weighted by molar-refractivity contribution is 14.0. The number of nitrogens with zero attached hydrogens (tertiary/aromatic N) is 1. The van der Waals surface area contributed by atoms with Crippen LogP contribution in [-0.4, -0.2) is 45.9 Å². The van der Waals surface area contributed by atoms with Crippen molar-refractivity contribution in [3.05, 3.63) is 29.3 Å². The minimum absolute atomic E-state index is 0. The molecule has 24 heavy (non-hydrogen) atoms. The number of guanidine groups is 1. The fourth-order valence-electron chi connectivity index (χ4n) is 2.01. The Morgan fingerprint density at radius 2 is 1.88 bits per heavy atom. The molecule has 1 aliphatic rings. The van der Waals surface area contributed by atoms with Gasteiger partial charge in [0.25, 0.3) is 0 Å². The van der Waals surface area contributed by atoms with Gasteiger partial charge in [-0.3, -0.25) is 4.99 Å². The fraction of sp³-hybridized carbons (Fsp3) is 0.588. The number of nitrogens with one attached hydrogen (secondary N) is 2. The molecule has 0 saturated heterocycles. The van der Waals surface area contributed by atoms with E-state index in [1.165, 1.54) is 12.8 Å². The molecule has 1 saturated carbocycles. The fourth-order valence-corrected chi connectivity index (χ4v) is 2.13. The Hall–Kier alpha value is -0.730. The summed E-state index contributed by atoms with van der Waals surface area (Å²) in [6.45, 7) is 3.82. The van der Waals surface area contributed by atoms with E-state index in [0.717, 1.165) is 43.8 Å². The monoisotopic (exact) mass is 467 g/mol. The van der Waals surface area contributed by atoms with Gasteiger partial charge in [0.05, 0.1) is 6.54 Å². The first-order chi connectivity index (χ1) is 11.3. The van der Waals surface area contributed by atoms with Gasteiger partial charge in [0.15, 0.2) is 5.96 Å². The summed E-state index contributed by atoms with van der Waals surface area (Å²) in [4.78, 5) is 4.18. The maximum Gasteiger partial charge on any atom is 0.191 e. The molecule has 1 aromatic rings. The first-order valence-electron chi connectivity index (χ1n) is 8.18. The molecule has 2 rings (SSSR count). The minimum atomic E-state index is 0. The van der Waals surface area contributed by atoms with E-state index in [1.807, 2.05) is 24.3 Å². The molecule has 1 aliphatic carbocycles. The van der Waals surface area contributed by atoms with Crippen LogP contribution in [-0.2, 0) is 4.74 Å². The molecule has 1 aromatic carbocycles. The van der Waals surface area contributed by atoms with Crippen molar-refractivity contribution < 1.29 is 9.47 Å². The molecule has 0 amide bonds. The first-order valence-corrected chi connectivity index (χ1v) is 8.56. The molecule has 0 atom stereocenters. The van der Waals surface area contributed by atoms with Crippen LogP contribution >= 0.6 is 35.6 Å². The predicted molar refractivity (Wildman–Crippen MR) is 110 cm³/mol. The zero-order valence-electron chi connectivity index (χ0n) is 14.1. The van der Waals surface area contributed by atoms with E-state index in [0.29, 0.717) is 18.2 Å². The molecular formula is C17H27ClIN3O2. The molecule has 7 heteroatoms. The Balaban J connectivity index is 0.00000288. The molecular weight excluding hydrogens is 441 g/mol. The van der Waals surface area contributed by atoms with Crippen LogP contribution in [0.2, 0.25) is 5.02 Å². The second-order valence-corrected chi connectivity index (χ2v) is 6.04. The number of aliphatic imine (C=N–C) groups is 1. The van der Waals surface area contributed by atoms with Crippen molar-refractivity contribution in [1.82, 2.24) is 10.6 Å². The third-order valence-corrected chi connectivity index (χ3v) is 3.76. The van der Waals surface area contributed by atoms with Gasteiger partial charge in [0.2, 0.25) is 0 Å². The molecule has 136 valence electrons. The largest absolute Gasteiger partial charge is 0.492 e. The van der Waals surface area contributed by atoms with E-state index < -0.39 is 0 Å². The van der Waals surface area contributed by atoms with E-state index in [-0.39, 0.29) is 24.0 Å². The highest BCUT2D eigenvalue weighted by atomic mass is 127. The highest BCUT2D eigenvalue weighted by Crippen LogP contribution is 2.28. The summed E-state index contributed by atoms with van der Waals surface area (Å²) < 4.78 is 11.2. The molecule has 0 radical (unpaired) electrons. The van der Waals surface area contributed by atoms with Crippen molar-refractivity contribution in [2.24, 2.45) is 10.9 Å². The molecule has 0 heterocycles. The zero-order chi connectivity index (χ0) is 16.3. The number of hydrogen-bond acceptors (Lipinski definition) is 3. The van der Waals surface area contributed by atoms with Crippen molar-refractivity contribution in [3.8, 4) is 5.75 Å². The molecule has 0 spiro atoms. The summed E-state index contributed by atoms with van der Waals surface area (Å²) >= 11 is 5.83. The zero-order valence-corrected chi connectivity index (χ0v) is 17.2. The molecule has 1 fully saturated rings. The van der Waals surface area contributed by atoms with Gasteiger partial charge in [-0.1, -0.05) is 11.6 Å². The number of benzene rings is 1. The second-order valence-electron chi connectivity index (χ2n) is 5.60. The maximum absolute atomic E-state index is 5.83. The Morgan fingerprint density at radius 3 is 2.54 bits per heavy atom. The number of hydrogen-bond donors (Lipinski definition) is 2. The molecule has 2 N–H and O–H groups in total. The average molecular weight is 468 g/mol. The van der Waals surface area contributed by atoms with Crippen LogP contribution in [0.25, 0.3) is 0 Å². The van der Waals surface area contributed by atoms with Gasteiger partial charge >= 0.3 is 0 Å². The number of ether oxygens (including phenoxy) is 2. The SMILES string of the molecule is CN=C(NCCCOCC1CC1)NCCOc1ccc(Cl)cc1.I. The van der Waals surface area contributed by atoms with Gasteiger partial charge in [-0.2, -0.15) is 0 Å². The first kappa shape index (κ1) is 21.3. The summed E-state index contributed by atoms with van der Waals surface area (Å²) in [5.41, 5.74) is 0. The highest BCUT2D eigenvalue weighted by Gasteiger charge is 2.20. The lowest BCUT2D eigenvalue weighted by Gasteiger charge is -2.12. The number of rotatable bonds is 10. The molecule has 0 unspecified atom stereocenters. The normalized spacial score (nSPS) is 14.0. The van der Waals surface area contributed by atoms with Crippen LogP contribution in [0.15, 0.2) is 29.3 Å². The predicted octanol–water partition coefficient (Wildman–Crippen LogP) is 3.32. The Bertz CT molecular complexity index is 481. The Morgan fingerprint density at radius 1 is 1.17 bits per heavy atom. The topological polar surface area (TPSA) is 54.9 Å². The third-order valence-electron chi connectivity index (χ3n) is 3.51. The lowest BCUT2D eigenvalue weighted by molar-refractivity contribution is 0.123. The summed E-state index contributed by atoms with van der Waals surface area (Å²) in [6.07, 6.45) is 3.66. The van der Waals surface area contributed by atoms with Crippen molar-refractivity contribution in [3.63, 3.8) is 0 Å². The van der Waals surface area contributed by atoms with Gasteiger partial charge in [-0.15, -0.1) is 24.0 Å². The number of halogens is 2. The van der Waals surface area contributed by atoms with Crippen molar-refractivity contribution >= 4 is 41.5 Å². The van der Waals surface area contributed by atoms with Crippen molar-refractivity contribution in [1.29, 1.82) is 0 Å². The van der Waals surface area contributed by atoms with Crippen LogP contribution in [0.3, 0.4) is 0 Å². The summed E-state index contributed by atoms with van der Waals surface area (Å²) in [5.74, 6) is 2.43. The summed E-state index contributed by atoms with van der Waals surface area (Å²) in [6, 6.07) is 7.35. The van der Waals surface area contributed by atoms with Gasteiger partial charge in [-0.25, -0.2) is 0 Å². The average Bonchev–Trinajstić information content (AvgIpc) is 3.38. The van der Waals surface area contributed by atoms with Gasteiger partial charge in [0, 0.05) is 31.8 Å². The van der Waals surface area contributed by atoms with Crippen LogP contribution in [0, 0.1) is 5.92 Å². The van der Waals surface area contributed by atoms with Gasteiger partial charge < -0.3 is 20.1 Å². The van der Waals surface area contributed by atoms with Gasteiger partial charge in [0.1, 0.15) is 12.4 Å². The second kappa shape index (κ2) is 12.6. The van der Waals surface area contributed by atoms with Gasteiger partial charge in [-0.05, 0) is 49.4 Å². The quantitative estimate of drug-likeness (QED) is 0.240. The standard InChI is InChI=1S/C17H26ClN3O2.HI/c1-19-17(20-9-2-11-22-13-14-3-4-14)21-10-12-23-16-7-5-15(18)6-8-16;/h5-8,14H,2-4,9-13H2,1H3,(H2,19,20,21);1H. The van der Waals surface area contributed by atoms with Crippen LogP contribution in [0.1, 0.15) is 19.3 Å². The molecule has 0 aromatic heterocycles. The summed E-state index contributed by atoms with van der Waals surface area (Å²) in [5, 5.41) is 7.19. The lowest BCUT2D eigenvalue weighted by atomic mass is 10.3. The van der Waals surface area contributed by atoms with E-state index in [9.17, 15) is 0 Å². The van der Waals surface area contributed by atoms with E-state index >= 15 is 0 Å². The Kier molecular flexibility index (Phi) is 11.2. The van der Waals surface area contributed by atoms with E-state index in [2.05, 4.69) is 15.6 Å². The third kappa shape index (κ3) is 9.54. The minimum Gasteiger partial charge on any atom is -0.492 e. The molecule has 5 nitrogen and oxygen atoms in total. The van der Waals surface area contributed by atoms with E-state index in [1.54, 1.807) is 7.05 Å². The summed E-state index contributed by atoms with van der Waals surface area (Å²) in [7, 11) is 1.76. The Labute approximate surface area is 166 Å². The van der Waals surface area contributed by atoms with E-state index in [4.69, 9.17) is 21.1 Å². The maximum atomic E-state index is 5.83.